The normalized spacial score (nSPS) is 12.6. The minimum atomic E-state index is -0.151. The van der Waals surface area contributed by atoms with Crippen LogP contribution in [0, 0.1) is 6.92 Å². The van der Waals surface area contributed by atoms with Crippen LogP contribution in [0.4, 0.5) is 0 Å². The molecule has 0 spiro atoms. The largest absolute Gasteiger partial charge is 0.454 e. The average Bonchev–Trinajstić information content (AvgIpc) is 3.01. The van der Waals surface area contributed by atoms with Crippen molar-refractivity contribution in [3.05, 3.63) is 64.3 Å². The predicted octanol–water partition coefficient (Wildman–Crippen LogP) is 4.16. The van der Waals surface area contributed by atoms with Crippen LogP contribution < -0.4 is 9.47 Å². The van der Waals surface area contributed by atoms with Gasteiger partial charge in [0.15, 0.2) is 17.3 Å². The molecule has 1 aromatic heterocycles. The van der Waals surface area contributed by atoms with E-state index in [9.17, 15) is 4.79 Å². The molecule has 3 aromatic rings. The van der Waals surface area contributed by atoms with Gasteiger partial charge in [0, 0.05) is 23.2 Å². The first-order valence-electron chi connectivity index (χ1n) is 7.13. The highest BCUT2D eigenvalue weighted by Crippen LogP contribution is 2.38. The first-order chi connectivity index (χ1) is 11.1. The number of pyridine rings is 1. The Hall–Kier alpha value is -2.59. The first kappa shape index (κ1) is 14.0. The molecule has 114 valence electrons. The summed E-state index contributed by atoms with van der Waals surface area (Å²) in [5.41, 5.74) is 2.72. The molecule has 2 aromatic carbocycles. The minimum Gasteiger partial charge on any atom is -0.454 e. The first-order valence-corrected chi connectivity index (χ1v) is 7.50. The fraction of sp³-hybridized carbons (Fsp3) is 0.111. The standard InChI is InChI=1S/C18H12ClNO3/c1-10-2-4-11(5-3-10)18(21)13-8-20-14-7-16-15(22-9-23-16)6-12(14)17(13)19/h2-8H,9H2,1H3. The fourth-order valence-electron chi connectivity index (χ4n) is 2.57. The summed E-state index contributed by atoms with van der Waals surface area (Å²) in [5.74, 6) is 1.10. The lowest BCUT2D eigenvalue weighted by Crippen LogP contribution is -2.03. The van der Waals surface area contributed by atoms with Gasteiger partial charge >= 0.3 is 0 Å². The summed E-state index contributed by atoms with van der Waals surface area (Å²) in [4.78, 5) is 17.0. The molecule has 0 amide bonds. The number of rotatable bonds is 2. The Kier molecular flexibility index (Phi) is 3.20. The average molecular weight is 326 g/mol. The Labute approximate surface area is 137 Å². The van der Waals surface area contributed by atoms with Crippen molar-refractivity contribution in [3.63, 3.8) is 0 Å². The van der Waals surface area contributed by atoms with E-state index in [0.717, 1.165) is 5.56 Å². The van der Waals surface area contributed by atoms with Crippen molar-refractivity contribution in [2.24, 2.45) is 0 Å². The van der Waals surface area contributed by atoms with Crippen molar-refractivity contribution >= 4 is 28.3 Å². The van der Waals surface area contributed by atoms with E-state index in [4.69, 9.17) is 21.1 Å². The molecule has 5 heteroatoms. The second-order valence-electron chi connectivity index (χ2n) is 5.40. The molecule has 0 unspecified atom stereocenters. The van der Waals surface area contributed by atoms with Gasteiger partial charge in [-0.25, -0.2) is 0 Å². The van der Waals surface area contributed by atoms with E-state index in [2.05, 4.69) is 4.98 Å². The zero-order valence-corrected chi connectivity index (χ0v) is 13.1. The molecule has 0 atom stereocenters. The van der Waals surface area contributed by atoms with Gasteiger partial charge < -0.3 is 9.47 Å². The molecule has 1 aliphatic heterocycles. The minimum absolute atomic E-state index is 0.151. The molecule has 0 fully saturated rings. The lowest BCUT2D eigenvalue weighted by Gasteiger charge is -2.08. The molecular formula is C18H12ClNO3. The maximum Gasteiger partial charge on any atom is 0.231 e. The van der Waals surface area contributed by atoms with Crippen molar-refractivity contribution in [2.45, 2.75) is 6.92 Å². The highest BCUT2D eigenvalue weighted by atomic mass is 35.5. The summed E-state index contributed by atoms with van der Waals surface area (Å²) in [6.07, 6.45) is 1.51. The molecule has 0 saturated carbocycles. The van der Waals surface area contributed by atoms with E-state index in [0.29, 0.717) is 38.6 Å². The van der Waals surface area contributed by atoms with Gasteiger partial charge in [-0.1, -0.05) is 41.4 Å². The Morgan fingerprint density at radius 1 is 1.13 bits per heavy atom. The van der Waals surface area contributed by atoms with Crippen molar-refractivity contribution in [2.75, 3.05) is 6.79 Å². The van der Waals surface area contributed by atoms with E-state index in [-0.39, 0.29) is 12.6 Å². The molecule has 0 aliphatic carbocycles. The summed E-state index contributed by atoms with van der Waals surface area (Å²) in [7, 11) is 0. The van der Waals surface area contributed by atoms with Crippen LogP contribution in [0.3, 0.4) is 0 Å². The number of fused-ring (bicyclic) bond motifs is 2. The number of carbonyl (C=O) groups excluding carboxylic acids is 1. The number of aryl methyl sites for hydroxylation is 1. The molecule has 2 heterocycles. The third-order valence-corrected chi connectivity index (χ3v) is 4.26. The summed E-state index contributed by atoms with van der Waals surface area (Å²) < 4.78 is 10.7. The third kappa shape index (κ3) is 2.32. The molecule has 1 aliphatic rings. The summed E-state index contributed by atoms with van der Waals surface area (Å²) in [5, 5.41) is 1.05. The molecule has 0 radical (unpaired) electrons. The Morgan fingerprint density at radius 2 is 1.83 bits per heavy atom. The van der Waals surface area contributed by atoms with Gasteiger partial charge in [-0.2, -0.15) is 0 Å². The Morgan fingerprint density at radius 3 is 2.57 bits per heavy atom. The van der Waals surface area contributed by atoms with Gasteiger partial charge in [-0.05, 0) is 13.0 Å². The van der Waals surface area contributed by atoms with E-state index in [1.165, 1.54) is 6.20 Å². The lowest BCUT2D eigenvalue weighted by atomic mass is 10.0. The van der Waals surface area contributed by atoms with Gasteiger partial charge in [0.25, 0.3) is 0 Å². The van der Waals surface area contributed by atoms with Gasteiger partial charge in [0.1, 0.15) is 0 Å². The number of halogens is 1. The predicted molar refractivity (Wildman–Crippen MR) is 87.5 cm³/mol. The van der Waals surface area contributed by atoms with Gasteiger partial charge in [0.2, 0.25) is 6.79 Å². The van der Waals surface area contributed by atoms with Crippen LogP contribution in [-0.4, -0.2) is 17.6 Å². The highest BCUT2D eigenvalue weighted by Gasteiger charge is 2.20. The van der Waals surface area contributed by atoms with E-state index in [1.54, 1.807) is 24.3 Å². The molecular weight excluding hydrogens is 314 g/mol. The molecule has 4 nitrogen and oxygen atoms in total. The van der Waals surface area contributed by atoms with Crippen LogP contribution in [0.2, 0.25) is 5.02 Å². The van der Waals surface area contributed by atoms with Crippen LogP contribution in [0.5, 0.6) is 11.5 Å². The number of hydrogen-bond acceptors (Lipinski definition) is 4. The van der Waals surface area contributed by atoms with Gasteiger partial charge in [-0.15, -0.1) is 0 Å². The van der Waals surface area contributed by atoms with Crippen LogP contribution in [-0.2, 0) is 0 Å². The SMILES string of the molecule is Cc1ccc(C(=O)c2cnc3cc4c(cc3c2Cl)OCO4)cc1. The molecule has 0 N–H and O–H groups in total. The molecule has 0 saturated heterocycles. The van der Waals surface area contributed by atoms with Crippen molar-refractivity contribution < 1.29 is 14.3 Å². The second-order valence-corrected chi connectivity index (χ2v) is 5.78. The molecule has 4 rings (SSSR count). The number of nitrogens with zero attached hydrogens (tertiary/aromatic N) is 1. The Balaban J connectivity index is 1.84. The number of carbonyl (C=O) groups is 1. The smallest absolute Gasteiger partial charge is 0.231 e. The van der Waals surface area contributed by atoms with Crippen LogP contribution in [0.15, 0.2) is 42.6 Å². The van der Waals surface area contributed by atoms with Crippen molar-refractivity contribution in [1.29, 1.82) is 0 Å². The molecule has 0 bridgehead atoms. The van der Waals surface area contributed by atoms with E-state index in [1.807, 2.05) is 19.1 Å². The van der Waals surface area contributed by atoms with Crippen LogP contribution in [0.25, 0.3) is 10.9 Å². The quantitative estimate of drug-likeness (QED) is 0.664. The maximum absolute atomic E-state index is 12.7. The number of hydrogen-bond donors (Lipinski definition) is 0. The number of benzene rings is 2. The third-order valence-electron chi connectivity index (χ3n) is 3.85. The number of ether oxygens (including phenoxy) is 2. The van der Waals surface area contributed by atoms with Crippen LogP contribution >= 0.6 is 11.6 Å². The monoisotopic (exact) mass is 325 g/mol. The zero-order valence-electron chi connectivity index (χ0n) is 12.3. The second kappa shape index (κ2) is 5.25. The van der Waals surface area contributed by atoms with Crippen molar-refractivity contribution in [1.82, 2.24) is 4.98 Å². The van der Waals surface area contributed by atoms with Gasteiger partial charge in [0.05, 0.1) is 16.1 Å². The summed E-state index contributed by atoms with van der Waals surface area (Å²) >= 11 is 6.46. The number of aromatic nitrogens is 1. The topological polar surface area (TPSA) is 48.4 Å². The van der Waals surface area contributed by atoms with Crippen LogP contribution in [0.1, 0.15) is 21.5 Å². The molecule has 23 heavy (non-hydrogen) atoms. The highest BCUT2D eigenvalue weighted by molar-refractivity contribution is 6.39. The van der Waals surface area contributed by atoms with E-state index < -0.39 is 0 Å². The zero-order chi connectivity index (χ0) is 16.0. The lowest BCUT2D eigenvalue weighted by molar-refractivity contribution is 0.103. The Bertz CT molecular complexity index is 935. The van der Waals surface area contributed by atoms with Gasteiger partial charge in [-0.3, -0.25) is 9.78 Å². The maximum atomic E-state index is 12.7. The number of ketones is 1. The summed E-state index contributed by atoms with van der Waals surface area (Å²) in [6.45, 7) is 2.15. The van der Waals surface area contributed by atoms with E-state index >= 15 is 0 Å². The summed E-state index contributed by atoms with van der Waals surface area (Å²) in [6, 6.07) is 10.9. The fourth-order valence-corrected chi connectivity index (χ4v) is 2.85. The van der Waals surface area contributed by atoms with Crippen molar-refractivity contribution in [3.8, 4) is 11.5 Å².